The summed E-state index contributed by atoms with van der Waals surface area (Å²) in [6.07, 6.45) is 8.37. The van der Waals surface area contributed by atoms with Crippen LogP contribution in [0.3, 0.4) is 0 Å². The van der Waals surface area contributed by atoms with Gasteiger partial charge in [-0.3, -0.25) is 9.59 Å². The minimum Gasteiger partial charge on any atom is -0.342 e. The molecule has 1 aromatic carbocycles. The number of carbonyl (C=O) groups excluding carboxylic acids is 2. The Morgan fingerprint density at radius 3 is 2.40 bits per heavy atom. The van der Waals surface area contributed by atoms with Crippen LogP contribution in [0, 0.1) is 5.92 Å². The summed E-state index contributed by atoms with van der Waals surface area (Å²) in [5.41, 5.74) is 1.25. The highest BCUT2D eigenvalue weighted by atomic mass is 16.2. The molecule has 1 aliphatic heterocycles. The van der Waals surface area contributed by atoms with Crippen molar-refractivity contribution < 1.29 is 9.59 Å². The summed E-state index contributed by atoms with van der Waals surface area (Å²) in [7, 11) is 0. The molecule has 4 rings (SSSR count). The number of carbonyl (C=O) groups is 2. The number of rotatable bonds is 6. The molecule has 3 fully saturated rings. The Hall–Kier alpha value is -1.84. The summed E-state index contributed by atoms with van der Waals surface area (Å²) in [6.45, 7) is 1.33. The molecule has 0 N–H and O–H groups in total. The third-order valence-corrected chi connectivity index (χ3v) is 5.99. The van der Waals surface area contributed by atoms with E-state index in [0.29, 0.717) is 25.0 Å². The smallest absolute Gasteiger partial charge is 0.228 e. The van der Waals surface area contributed by atoms with Crippen LogP contribution in [0.15, 0.2) is 30.3 Å². The first-order valence-corrected chi connectivity index (χ1v) is 9.86. The second-order valence-electron chi connectivity index (χ2n) is 7.89. The molecule has 3 aliphatic rings. The van der Waals surface area contributed by atoms with E-state index in [-0.39, 0.29) is 17.7 Å². The van der Waals surface area contributed by atoms with Gasteiger partial charge in [-0.2, -0.15) is 0 Å². The van der Waals surface area contributed by atoms with E-state index in [1.807, 2.05) is 23.1 Å². The fourth-order valence-corrected chi connectivity index (χ4v) is 4.47. The van der Waals surface area contributed by atoms with Crippen molar-refractivity contribution in [2.45, 2.75) is 63.5 Å². The topological polar surface area (TPSA) is 40.6 Å². The van der Waals surface area contributed by atoms with E-state index < -0.39 is 0 Å². The highest BCUT2D eigenvalue weighted by Crippen LogP contribution is 2.36. The van der Waals surface area contributed by atoms with Crippen LogP contribution in [-0.4, -0.2) is 46.8 Å². The first-order valence-electron chi connectivity index (χ1n) is 9.86. The van der Waals surface area contributed by atoms with Crippen LogP contribution < -0.4 is 0 Å². The van der Waals surface area contributed by atoms with Gasteiger partial charge in [-0.25, -0.2) is 0 Å². The first-order chi connectivity index (χ1) is 12.2. The second kappa shape index (κ2) is 7.19. The van der Waals surface area contributed by atoms with Crippen LogP contribution in [0.2, 0.25) is 0 Å². The normalized spacial score (nSPS) is 24.1. The molecule has 0 aromatic heterocycles. The number of nitrogens with zero attached hydrogens (tertiary/aromatic N) is 2. The van der Waals surface area contributed by atoms with Gasteiger partial charge in [0.1, 0.15) is 0 Å². The van der Waals surface area contributed by atoms with Gasteiger partial charge in [0.2, 0.25) is 11.8 Å². The highest BCUT2D eigenvalue weighted by molar-refractivity contribution is 5.89. The van der Waals surface area contributed by atoms with E-state index in [1.54, 1.807) is 0 Å². The van der Waals surface area contributed by atoms with Crippen molar-refractivity contribution in [2.24, 2.45) is 5.92 Å². The van der Waals surface area contributed by atoms with Crippen molar-refractivity contribution in [3.05, 3.63) is 35.9 Å². The summed E-state index contributed by atoms with van der Waals surface area (Å²) >= 11 is 0. The van der Waals surface area contributed by atoms with E-state index >= 15 is 0 Å². The molecule has 4 nitrogen and oxygen atoms in total. The van der Waals surface area contributed by atoms with Gasteiger partial charge in [0.25, 0.3) is 0 Å². The summed E-state index contributed by atoms with van der Waals surface area (Å²) in [5.74, 6) is 0.283. The van der Waals surface area contributed by atoms with Crippen molar-refractivity contribution in [2.75, 3.05) is 13.1 Å². The van der Waals surface area contributed by atoms with Crippen molar-refractivity contribution >= 4 is 11.8 Å². The number of amides is 2. The average molecular weight is 340 g/mol. The Kier molecular flexibility index (Phi) is 4.78. The fourth-order valence-electron chi connectivity index (χ4n) is 4.47. The lowest BCUT2D eigenvalue weighted by molar-refractivity contribution is -0.138. The lowest BCUT2D eigenvalue weighted by Crippen LogP contribution is -2.44. The third kappa shape index (κ3) is 3.73. The average Bonchev–Trinajstić information content (AvgIpc) is 3.16. The van der Waals surface area contributed by atoms with Gasteiger partial charge in [-0.1, -0.05) is 43.2 Å². The zero-order valence-corrected chi connectivity index (χ0v) is 14.9. The number of hydrogen-bond donors (Lipinski definition) is 0. The molecule has 0 bridgehead atoms. The Morgan fingerprint density at radius 2 is 1.72 bits per heavy atom. The van der Waals surface area contributed by atoms with Crippen molar-refractivity contribution in [1.29, 1.82) is 0 Å². The molecule has 1 heterocycles. The van der Waals surface area contributed by atoms with E-state index in [2.05, 4.69) is 17.0 Å². The van der Waals surface area contributed by atoms with Crippen molar-refractivity contribution in [1.82, 2.24) is 9.80 Å². The van der Waals surface area contributed by atoms with Crippen molar-refractivity contribution in [3.63, 3.8) is 0 Å². The first kappa shape index (κ1) is 16.6. The highest BCUT2D eigenvalue weighted by Gasteiger charge is 2.43. The third-order valence-electron chi connectivity index (χ3n) is 5.99. The fraction of sp³-hybridized carbons (Fsp3) is 0.619. The maximum Gasteiger partial charge on any atom is 0.228 e. The molecule has 2 saturated carbocycles. The Balaban J connectivity index is 1.36. The lowest BCUT2D eigenvalue weighted by Gasteiger charge is -2.31. The molecule has 1 aromatic rings. The van der Waals surface area contributed by atoms with Gasteiger partial charge >= 0.3 is 0 Å². The largest absolute Gasteiger partial charge is 0.342 e. The molecule has 25 heavy (non-hydrogen) atoms. The minimum absolute atomic E-state index is 0.121. The predicted molar refractivity (Wildman–Crippen MR) is 97.0 cm³/mol. The van der Waals surface area contributed by atoms with E-state index in [0.717, 1.165) is 38.6 Å². The van der Waals surface area contributed by atoms with Gasteiger partial charge < -0.3 is 9.80 Å². The Labute approximate surface area is 150 Å². The maximum atomic E-state index is 13.1. The Morgan fingerprint density at radius 1 is 1.04 bits per heavy atom. The Bertz CT molecular complexity index is 620. The van der Waals surface area contributed by atoms with Crippen molar-refractivity contribution in [3.8, 4) is 0 Å². The molecular formula is C21H28N2O2. The summed E-state index contributed by atoms with van der Waals surface area (Å²) in [4.78, 5) is 29.6. The predicted octanol–water partition coefficient (Wildman–Crippen LogP) is 3.01. The standard InChI is InChI=1S/C21H28N2O2/c24-20-14-17(15-22(20)13-12-16-6-2-1-3-7-16)21(25)23(19-10-11-19)18-8-4-5-9-18/h1-3,6-7,17-19H,4-5,8-15H2. The van der Waals surface area contributed by atoms with Crippen LogP contribution in [0.4, 0.5) is 0 Å². The molecule has 0 spiro atoms. The van der Waals surface area contributed by atoms with Gasteiger partial charge in [0.05, 0.1) is 5.92 Å². The SMILES string of the molecule is O=C1CC(C(=O)N(C2CCCC2)C2CC2)CN1CCc1ccccc1. The molecule has 1 saturated heterocycles. The van der Waals surface area contributed by atoms with E-state index in [9.17, 15) is 9.59 Å². The minimum atomic E-state index is -0.121. The number of hydrogen-bond acceptors (Lipinski definition) is 2. The summed E-state index contributed by atoms with van der Waals surface area (Å²) < 4.78 is 0. The monoisotopic (exact) mass is 340 g/mol. The lowest BCUT2D eigenvalue weighted by atomic mass is 10.0. The summed E-state index contributed by atoms with van der Waals surface area (Å²) in [5, 5.41) is 0. The number of likely N-dealkylation sites (tertiary alicyclic amines) is 1. The van der Waals surface area contributed by atoms with Crippen LogP contribution in [0.1, 0.15) is 50.5 Å². The summed E-state index contributed by atoms with van der Waals surface area (Å²) in [6, 6.07) is 11.2. The molecular weight excluding hydrogens is 312 g/mol. The van der Waals surface area contributed by atoms with Gasteiger partial charge in [-0.15, -0.1) is 0 Å². The van der Waals surface area contributed by atoms with E-state index in [1.165, 1.54) is 18.4 Å². The van der Waals surface area contributed by atoms with Crippen LogP contribution in [0.25, 0.3) is 0 Å². The molecule has 2 amide bonds. The molecule has 2 aliphatic carbocycles. The molecule has 1 atom stereocenters. The molecule has 4 heteroatoms. The number of benzene rings is 1. The van der Waals surface area contributed by atoms with Gasteiger partial charge in [-0.05, 0) is 37.7 Å². The van der Waals surface area contributed by atoms with Crippen LogP contribution in [0.5, 0.6) is 0 Å². The zero-order chi connectivity index (χ0) is 17.2. The van der Waals surface area contributed by atoms with Crippen LogP contribution in [-0.2, 0) is 16.0 Å². The van der Waals surface area contributed by atoms with Gasteiger partial charge in [0.15, 0.2) is 0 Å². The molecule has 1 unspecified atom stereocenters. The quantitative estimate of drug-likeness (QED) is 0.799. The maximum absolute atomic E-state index is 13.1. The van der Waals surface area contributed by atoms with Crippen LogP contribution >= 0.6 is 0 Å². The molecule has 0 radical (unpaired) electrons. The molecule has 134 valence electrons. The zero-order valence-electron chi connectivity index (χ0n) is 14.9. The second-order valence-corrected chi connectivity index (χ2v) is 7.89. The van der Waals surface area contributed by atoms with E-state index in [4.69, 9.17) is 0 Å². The van der Waals surface area contributed by atoms with Gasteiger partial charge in [0, 0.05) is 31.6 Å².